The van der Waals surface area contributed by atoms with Crippen LogP contribution in [0.1, 0.15) is 35.7 Å². The maximum absolute atomic E-state index is 13.4. The number of hydrogen-bond acceptors (Lipinski definition) is 6. The lowest BCUT2D eigenvalue weighted by molar-refractivity contribution is -0.148. The lowest BCUT2D eigenvalue weighted by atomic mass is 9.94. The van der Waals surface area contributed by atoms with Crippen molar-refractivity contribution in [1.29, 1.82) is 0 Å². The first-order valence-electron chi connectivity index (χ1n) is 10.6. The molecular formula is C25H27ClN2O4. The highest BCUT2D eigenvalue weighted by molar-refractivity contribution is 6.16. The Morgan fingerprint density at radius 3 is 2.47 bits per heavy atom. The van der Waals surface area contributed by atoms with Gasteiger partial charge in [0, 0.05) is 30.2 Å². The predicted octanol–water partition coefficient (Wildman–Crippen LogP) is 4.68. The Morgan fingerprint density at radius 1 is 1.09 bits per heavy atom. The summed E-state index contributed by atoms with van der Waals surface area (Å²) in [7, 11) is 1.62. The number of rotatable bonds is 6. The Bertz CT molecular complexity index is 1100. The topological polar surface area (TPSA) is 68.7 Å². The number of carbonyl (C=O) groups excluding carboxylic acids is 2. The van der Waals surface area contributed by atoms with E-state index in [0.29, 0.717) is 49.4 Å². The Balaban J connectivity index is 0.00000289. The summed E-state index contributed by atoms with van der Waals surface area (Å²) < 4.78 is 10.6. The zero-order valence-electron chi connectivity index (χ0n) is 18.2. The number of hydrogen-bond donors (Lipinski definition) is 0. The number of aromatic nitrogens is 1. The molecule has 4 rings (SSSR count). The van der Waals surface area contributed by atoms with Crippen LogP contribution < -0.4 is 9.64 Å². The molecular weight excluding hydrogens is 428 g/mol. The Hall–Kier alpha value is -3.12. The summed E-state index contributed by atoms with van der Waals surface area (Å²) >= 11 is 0. The van der Waals surface area contributed by atoms with E-state index < -0.39 is 0 Å². The Kier molecular flexibility index (Phi) is 7.70. The van der Waals surface area contributed by atoms with Gasteiger partial charge in [0.15, 0.2) is 5.78 Å². The number of methoxy groups -OCH3 is 1. The molecule has 3 aromatic rings. The normalized spacial score (nSPS) is 14.0. The summed E-state index contributed by atoms with van der Waals surface area (Å²) in [4.78, 5) is 32.3. The molecule has 0 N–H and O–H groups in total. The third-order valence-electron chi connectivity index (χ3n) is 5.76. The summed E-state index contributed by atoms with van der Waals surface area (Å²) in [5.74, 6) is 0.401. The van der Waals surface area contributed by atoms with Crippen molar-refractivity contribution >= 4 is 40.7 Å². The predicted molar refractivity (Wildman–Crippen MR) is 127 cm³/mol. The molecule has 0 unspecified atom stereocenters. The molecule has 0 radical (unpaired) electrons. The largest absolute Gasteiger partial charge is 0.497 e. The maximum atomic E-state index is 13.4. The highest BCUT2D eigenvalue weighted by Gasteiger charge is 2.29. The van der Waals surface area contributed by atoms with Gasteiger partial charge in [0.25, 0.3) is 0 Å². The van der Waals surface area contributed by atoms with Crippen LogP contribution in [0.2, 0.25) is 0 Å². The molecule has 0 atom stereocenters. The van der Waals surface area contributed by atoms with E-state index in [1.807, 2.05) is 55.5 Å². The second-order valence-corrected chi connectivity index (χ2v) is 7.61. The quantitative estimate of drug-likeness (QED) is 0.398. The minimum atomic E-state index is -0.135. The van der Waals surface area contributed by atoms with Crippen LogP contribution in [-0.2, 0) is 9.53 Å². The number of nitrogens with zero attached hydrogens (tertiary/aromatic N) is 2. The number of ether oxygens (including phenoxy) is 2. The minimum absolute atomic E-state index is 0. The van der Waals surface area contributed by atoms with Crippen molar-refractivity contribution in [3.63, 3.8) is 0 Å². The van der Waals surface area contributed by atoms with Gasteiger partial charge in [-0.15, -0.1) is 12.4 Å². The first-order chi connectivity index (χ1) is 15.1. The SMILES string of the molecule is CCOC(=O)C1CCN(c2c(C(=O)c3ccccc3)cnc3ccc(OC)cc23)CC1.Cl. The number of halogens is 1. The van der Waals surface area contributed by atoms with Gasteiger partial charge in [0.2, 0.25) is 0 Å². The van der Waals surface area contributed by atoms with Gasteiger partial charge in [-0.2, -0.15) is 0 Å². The maximum Gasteiger partial charge on any atom is 0.309 e. The van der Waals surface area contributed by atoms with Gasteiger partial charge < -0.3 is 14.4 Å². The third-order valence-corrected chi connectivity index (χ3v) is 5.76. The minimum Gasteiger partial charge on any atom is -0.497 e. The van der Waals surface area contributed by atoms with Crippen LogP contribution in [0, 0.1) is 5.92 Å². The third kappa shape index (κ3) is 4.70. The van der Waals surface area contributed by atoms with Crippen molar-refractivity contribution < 1.29 is 19.1 Å². The van der Waals surface area contributed by atoms with Crippen molar-refractivity contribution in [2.45, 2.75) is 19.8 Å². The number of piperidine rings is 1. The Morgan fingerprint density at radius 2 is 1.81 bits per heavy atom. The number of pyridine rings is 1. The molecule has 0 spiro atoms. The number of carbonyl (C=O) groups is 2. The summed E-state index contributed by atoms with van der Waals surface area (Å²) in [6.07, 6.45) is 3.04. The van der Waals surface area contributed by atoms with Crippen LogP contribution in [-0.4, -0.2) is 43.5 Å². The lowest BCUT2D eigenvalue weighted by Gasteiger charge is -2.34. The standard InChI is InChI=1S/C25H26N2O4.ClH/c1-3-31-25(29)18-11-13-27(14-12-18)23-20-15-19(30-2)9-10-22(20)26-16-21(23)24(28)17-7-5-4-6-8-17;/h4-10,15-16,18H,3,11-14H2,1-2H3;1H. The molecule has 1 saturated heterocycles. The molecule has 6 nitrogen and oxygen atoms in total. The van der Waals surface area contributed by atoms with E-state index in [4.69, 9.17) is 9.47 Å². The van der Waals surface area contributed by atoms with Gasteiger partial charge in [-0.25, -0.2) is 0 Å². The summed E-state index contributed by atoms with van der Waals surface area (Å²) in [6.45, 7) is 3.54. The zero-order chi connectivity index (χ0) is 21.8. The summed E-state index contributed by atoms with van der Waals surface area (Å²) in [6, 6.07) is 14.9. The molecule has 1 aliphatic heterocycles. The van der Waals surface area contributed by atoms with Crippen molar-refractivity contribution in [2.24, 2.45) is 5.92 Å². The van der Waals surface area contributed by atoms with E-state index >= 15 is 0 Å². The number of esters is 1. The van der Waals surface area contributed by atoms with E-state index in [0.717, 1.165) is 16.6 Å². The van der Waals surface area contributed by atoms with Crippen molar-refractivity contribution in [3.8, 4) is 5.75 Å². The highest BCUT2D eigenvalue weighted by atomic mass is 35.5. The monoisotopic (exact) mass is 454 g/mol. The van der Waals surface area contributed by atoms with Gasteiger partial charge in [-0.3, -0.25) is 14.6 Å². The first-order valence-corrected chi connectivity index (χ1v) is 10.6. The number of benzene rings is 2. The second-order valence-electron chi connectivity index (χ2n) is 7.61. The van der Waals surface area contributed by atoms with Gasteiger partial charge in [0.1, 0.15) is 5.75 Å². The van der Waals surface area contributed by atoms with Crippen molar-refractivity contribution in [2.75, 3.05) is 31.7 Å². The molecule has 0 aliphatic carbocycles. The molecule has 32 heavy (non-hydrogen) atoms. The average molecular weight is 455 g/mol. The summed E-state index contributed by atoms with van der Waals surface area (Å²) in [5.41, 5.74) is 2.82. The fourth-order valence-corrected chi connectivity index (χ4v) is 4.14. The second kappa shape index (κ2) is 10.5. The van der Waals surface area contributed by atoms with E-state index in [2.05, 4.69) is 9.88 Å². The molecule has 1 aromatic heterocycles. The zero-order valence-corrected chi connectivity index (χ0v) is 19.1. The van der Waals surface area contributed by atoms with Gasteiger partial charge in [-0.05, 0) is 38.0 Å². The molecule has 2 aromatic carbocycles. The molecule has 0 saturated carbocycles. The number of ketones is 1. The fourth-order valence-electron chi connectivity index (χ4n) is 4.14. The van der Waals surface area contributed by atoms with Crippen LogP contribution >= 0.6 is 12.4 Å². The Labute approximate surface area is 193 Å². The van der Waals surface area contributed by atoms with E-state index in [1.54, 1.807) is 13.3 Å². The van der Waals surface area contributed by atoms with Crippen LogP contribution in [0.15, 0.2) is 54.7 Å². The van der Waals surface area contributed by atoms with Crippen LogP contribution in [0.25, 0.3) is 10.9 Å². The van der Waals surface area contributed by atoms with Crippen LogP contribution in [0.4, 0.5) is 5.69 Å². The van der Waals surface area contributed by atoms with Crippen LogP contribution in [0.3, 0.4) is 0 Å². The van der Waals surface area contributed by atoms with Crippen molar-refractivity contribution in [3.05, 3.63) is 65.9 Å². The van der Waals surface area contributed by atoms with Gasteiger partial charge >= 0.3 is 5.97 Å². The first kappa shape index (κ1) is 23.5. The molecule has 0 bridgehead atoms. The van der Waals surface area contributed by atoms with Gasteiger partial charge in [-0.1, -0.05) is 30.3 Å². The molecule has 1 fully saturated rings. The summed E-state index contributed by atoms with van der Waals surface area (Å²) in [5, 5.41) is 0.871. The van der Waals surface area contributed by atoms with E-state index in [9.17, 15) is 9.59 Å². The van der Waals surface area contributed by atoms with E-state index in [1.165, 1.54) is 0 Å². The smallest absolute Gasteiger partial charge is 0.309 e. The molecule has 2 heterocycles. The van der Waals surface area contributed by atoms with Gasteiger partial charge in [0.05, 0.1) is 36.4 Å². The molecule has 0 amide bonds. The molecule has 1 aliphatic rings. The van der Waals surface area contributed by atoms with Crippen molar-refractivity contribution in [1.82, 2.24) is 4.98 Å². The lowest BCUT2D eigenvalue weighted by Crippen LogP contribution is -2.38. The van der Waals surface area contributed by atoms with E-state index in [-0.39, 0.29) is 30.1 Å². The molecule has 168 valence electrons. The fraction of sp³-hybridized carbons (Fsp3) is 0.320. The van der Waals surface area contributed by atoms with Crippen LogP contribution in [0.5, 0.6) is 5.75 Å². The number of fused-ring (bicyclic) bond motifs is 1. The average Bonchev–Trinajstić information content (AvgIpc) is 2.83. The molecule has 7 heteroatoms. The highest BCUT2D eigenvalue weighted by Crippen LogP contribution is 2.36. The number of anilines is 1.